The molecule has 0 fully saturated rings. The Morgan fingerprint density at radius 2 is 1.84 bits per heavy atom. The normalized spacial score (nSPS) is 12.6. The van der Waals surface area contributed by atoms with E-state index in [1.165, 1.54) is 13.1 Å². The first-order valence-corrected chi connectivity index (χ1v) is 7.25. The Bertz CT molecular complexity index is 845. The highest BCUT2D eigenvalue weighted by Crippen LogP contribution is 2.32. The van der Waals surface area contributed by atoms with Crippen molar-refractivity contribution in [3.05, 3.63) is 34.0 Å². The van der Waals surface area contributed by atoms with Crippen LogP contribution in [0.15, 0.2) is 16.9 Å². The molecule has 0 aliphatic heterocycles. The molecule has 8 radical (unpaired) electrons. The predicted molar refractivity (Wildman–Crippen MR) is 92.0 cm³/mol. The van der Waals surface area contributed by atoms with E-state index in [4.69, 9.17) is 36.1 Å². The number of hydrogen-bond donors (Lipinski definition) is 1. The van der Waals surface area contributed by atoms with Crippen LogP contribution in [0, 0.1) is 5.82 Å². The number of benzene rings is 1. The molecule has 0 aliphatic carbocycles. The lowest BCUT2D eigenvalue weighted by Gasteiger charge is -2.40. The summed E-state index contributed by atoms with van der Waals surface area (Å²) >= 11 is 0. The Kier molecular flexibility index (Phi) is 4.96. The van der Waals surface area contributed by atoms with Gasteiger partial charge in [-0.25, -0.2) is 9.18 Å². The number of ether oxygens (including phenoxy) is 1. The third-order valence-corrected chi connectivity index (χ3v) is 3.55. The van der Waals surface area contributed by atoms with Crippen LogP contribution in [0.4, 0.5) is 4.39 Å². The number of aryl methyl sites for hydroxylation is 1. The number of aliphatic hydroxyl groups is 1. The van der Waals surface area contributed by atoms with Gasteiger partial charge in [0.25, 0.3) is 0 Å². The lowest BCUT2D eigenvalue weighted by Crippen LogP contribution is -2.60. The van der Waals surface area contributed by atoms with Gasteiger partial charge < -0.3 is 9.84 Å². The quantitative estimate of drug-likeness (QED) is 0.678. The summed E-state index contributed by atoms with van der Waals surface area (Å²) in [5, 5.41) is 11.7. The van der Waals surface area contributed by atoms with Gasteiger partial charge in [-0.05, 0) is 28.0 Å². The zero-order valence-electron chi connectivity index (χ0n) is 14.0. The molecule has 1 aromatic carbocycles. The van der Waals surface area contributed by atoms with Gasteiger partial charge in [0.1, 0.15) is 48.6 Å². The second-order valence-electron chi connectivity index (χ2n) is 6.01. The van der Waals surface area contributed by atoms with Crippen molar-refractivity contribution in [2.45, 2.75) is 30.6 Å². The summed E-state index contributed by atoms with van der Waals surface area (Å²) in [6, 6.07) is 2.29. The second-order valence-corrected chi connectivity index (χ2v) is 6.01. The molecule has 0 bridgehead atoms. The third-order valence-electron chi connectivity index (χ3n) is 3.55. The van der Waals surface area contributed by atoms with Crippen molar-refractivity contribution in [3.63, 3.8) is 0 Å². The van der Waals surface area contributed by atoms with Crippen LogP contribution < -0.4 is 10.4 Å². The lowest BCUT2D eigenvalue weighted by atomic mass is 9.42. The van der Waals surface area contributed by atoms with E-state index in [-0.39, 0.29) is 22.9 Å². The average Bonchev–Trinajstić information content (AvgIpc) is 2.77. The molecule has 0 unspecified atom stereocenters. The van der Waals surface area contributed by atoms with Crippen LogP contribution in [0.3, 0.4) is 0 Å². The summed E-state index contributed by atoms with van der Waals surface area (Å²) in [7, 11) is 23.0. The topological polar surface area (TPSA) is 82.2 Å². The van der Waals surface area contributed by atoms with Gasteiger partial charge in [-0.3, -0.25) is 0 Å². The van der Waals surface area contributed by atoms with E-state index in [1.807, 2.05) is 0 Å². The van der Waals surface area contributed by atoms with E-state index in [0.717, 1.165) is 15.4 Å². The fourth-order valence-electron chi connectivity index (χ4n) is 1.98. The molecule has 1 N–H and O–H groups in total. The zero-order chi connectivity index (χ0) is 19.2. The van der Waals surface area contributed by atoms with E-state index in [1.54, 1.807) is 13.8 Å². The molecular weight excluding hydrogens is 322 g/mol. The molecule has 0 spiro atoms. The minimum atomic E-state index is -2.65. The SMILES string of the molecule is [B]C([B])(O)C([B])([B])Oc1cc(F)c(C(C)C)cc1-n1nnn(C)c1=O. The zero-order valence-corrected chi connectivity index (χ0v) is 14.0. The molecule has 2 rings (SSSR count). The molecule has 0 aliphatic rings. The average molecular weight is 336 g/mol. The lowest BCUT2D eigenvalue weighted by molar-refractivity contribution is 0.0809. The fourth-order valence-corrected chi connectivity index (χ4v) is 1.98. The van der Waals surface area contributed by atoms with Gasteiger partial charge in [-0.15, -0.1) is 0 Å². The van der Waals surface area contributed by atoms with E-state index in [0.29, 0.717) is 0 Å². The van der Waals surface area contributed by atoms with Crippen LogP contribution in [0.5, 0.6) is 5.75 Å². The van der Waals surface area contributed by atoms with Crippen molar-refractivity contribution < 1.29 is 14.2 Å². The molecule has 0 saturated carbocycles. The number of tetrazole rings is 1. The van der Waals surface area contributed by atoms with Gasteiger partial charge in [0.2, 0.25) is 0 Å². The highest BCUT2D eigenvalue weighted by Gasteiger charge is 2.36. The van der Waals surface area contributed by atoms with Gasteiger partial charge in [-0.1, -0.05) is 13.8 Å². The Balaban J connectivity index is 2.69. The molecule has 2 aromatic rings. The largest absolute Gasteiger partial charge is 0.503 e. The van der Waals surface area contributed by atoms with Crippen LogP contribution in [0.25, 0.3) is 5.69 Å². The van der Waals surface area contributed by atoms with Crippen molar-refractivity contribution in [3.8, 4) is 11.4 Å². The molecule has 1 aromatic heterocycles. The van der Waals surface area contributed by atoms with Gasteiger partial charge in [-0.2, -0.15) is 9.36 Å². The smallest absolute Gasteiger partial charge is 0.368 e. The predicted octanol–water partition coefficient (Wildman–Crippen LogP) is -1.42. The van der Waals surface area contributed by atoms with Crippen molar-refractivity contribution in [1.82, 2.24) is 19.8 Å². The highest BCUT2D eigenvalue weighted by atomic mass is 19.1. The van der Waals surface area contributed by atoms with Gasteiger partial charge >= 0.3 is 5.69 Å². The maximum atomic E-state index is 14.4. The third kappa shape index (κ3) is 3.68. The Hall–Kier alpha value is -1.96. The Morgan fingerprint density at radius 1 is 1.24 bits per heavy atom. The highest BCUT2D eigenvalue weighted by molar-refractivity contribution is 6.53. The van der Waals surface area contributed by atoms with Crippen LogP contribution >= 0.6 is 0 Å². The van der Waals surface area contributed by atoms with E-state index in [9.17, 15) is 14.3 Å². The summed E-state index contributed by atoms with van der Waals surface area (Å²) < 4.78 is 21.4. The summed E-state index contributed by atoms with van der Waals surface area (Å²) in [6.45, 7) is 3.52. The molecule has 0 atom stereocenters. The molecule has 0 saturated heterocycles. The first kappa shape index (κ1) is 19.4. The Labute approximate surface area is 149 Å². The summed E-state index contributed by atoms with van der Waals surface area (Å²) in [6.07, 6.45) is 0. The number of halogens is 1. The second kappa shape index (κ2) is 6.40. The van der Waals surface area contributed by atoms with E-state index >= 15 is 0 Å². The maximum Gasteiger partial charge on any atom is 0.368 e. The number of rotatable bonds is 5. The van der Waals surface area contributed by atoms with Crippen LogP contribution in [-0.4, -0.2) is 67.1 Å². The number of hydrogen-bond acceptors (Lipinski definition) is 5. The van der Waals surface area contributed by atoms with Crippen molar-refractivity contribution in [1.29, 1.82) is 0 Å². The van der Waals surface area contributed by atoms with Gasteiger partial charge in [0, 0.05) is 23.9 Å². The number of nitrogens with zero attached hydrogens (tertiary/aromatic N) is 4. The van der Waals surface area contributed by atoms with Crippen molar-refractivity contribution >= 4 is 31.4 Å². The van der Waals surface area contributed by atoms with Crippen LogP contribution in [-0.2, 0) is 7.05 Å². The minimum Gasteiger partial charge on any atom is -0.503 e. The molecular formula is C13H13B4FN4O3. The first-order chi connectivity index (χ1) is 11.3. The standard InChI is InChI=1S/C13H13B4FN4O3/c1-6(2)7-4-9(22-11(23)21(3)19-20-22)10(5-8(7)18)25-13(16,17)12(14,15)24/h4-6,24H,1-3H3. The monoisotopic (exact) mass is 336 g/mol. The van der Waals surface area contributed by atoms with Crippen LogP contribution in [0.2, 0.25) is 0 Å². The molecule has 7 nitrogen and oxygen atoms in total. The van der Waals surface area contributed by atoms with Gasteiger partial charge in [0.15, 0.2) is 0 Å². The van der Waals surface area contributed by atoms with Crippen LogP contribution in [0.1, 0.15) is 25.3 Å². The van der Waals surface area contributed by atoms with E-state index in [2.05, 4.69) is 10.4 Å². The Morgan fingerprint density at radius 3 is 2.28 bits per heavy atom. The molecule has 1 heterocycles. The summed E-state index contributed by atoms with van der Waals surface area (Å²) in [4.78, 5) is 12.1. The maximum absolute atomic E-state index is 14.4. The molecule has 0 amide bonds. The summed E-state index contributed by atoms with van der Waals surface area (Å²) in [5.41, 5.74) is -0.329. The van der Waals surface area contributed by atoms with Crippen molar-refractivity contribution in [2.75, 3.05) is 0 Å². The minimum absolute atomic E-state index is 0.00715. The molecule has 25 heavy (non-hydrogen) atoms. The molecule has 12 heteroatoms. The fraction of sp³-hybridized carbons (Fsp3) is 0.462. The summed E-state index contributed by atoms with van der Waals surface area (Å²) in [5.74, 6) is -1.15. The molecule has 122 valence electrons. The first-order valence-electron chi connectivity index (χ1n) is 7.25. The van der Waals surface area contributed by atoms with Crippen molar-refractivity contribution in [2.24, 2.45) is 7.05 Å². The van der Waals surface area contributed by atoms with E-state index < -0.39 is 22.3 Å². The van der Waals surface area contributed by atoms with Gasteiger partial charge in [0.05, 0.1) is 0 Å². The number of aromatic nitrogens is 4.